The fraction of sp³-hybridized carbons (Fsp3) is 0.741. The molecule has 0 heterocycles. The van der Waals surface area contributed by atoms with E-state index in [0.29, 0.717) is 19.3 Å². The Labute approximate surface area is 395 Å². The number of ether oxygens (including phenoxy) is 3. The number of carbonyl (C=O) groups is 3. The second-order valence-corrected chi connectivity index (χ2v) is 17.8. The van der Waals surface area contributed by atoms with Gasteiger partial charge in [0.15, 0.2) is 6.10 Å². The fourth-order valence-corrected chi connectivity index (χ4v) is 7.35. The highest BCUT2D eigenvalue weighted by molar-refractivity contribution is 5.71. The average molecular weight is 893 g/mol. The highest BCUT2D eigenvalue weighted by Crippen LogP contribution is 2.14. The normalized spacial score (nSPS) is 12.6. The van der Waals surface area contributed by atoms with E-state index in [9.17, 15) is 14.4 Å². The van der Waals surface area contributed by atoms with Gasteiger partial charge in [0, 0.05) is 19.3 Å². The molecule has 0 rings (SSSR count). The first-order valence-corrected chi connectivity index (χ1v) is 26.9. The molecule has 0 aliphatic carbocycles. The Morgan fingerprint density at radius 1 is 0.312 bits per heavy atom. The predicted octanol–water partition coefficient (Wildman–Crippen LogP) is 17.8. The zero-order valence-corrected chi connectivity index (χ0v) is 42.0. The third kappa shape index (κ3) is 49.9. The summed E-state index contributed by atoms with van der Waals surface area (Å²) in [5, 5.41) is 0. The van der Waals surface area contributed by atoms with E-state index < -0.39 is 6.10 Å². The van der Waals surface area contributed by atoms with Crippen LogP contribution < -0.4 is 0 Å². The van der Waals surface area contributed by atoms with E-state index in [2.05, 4.69) is 93.7 Å². The third-order valence-corrected chi connectivity index (χ3v) is 11.4. The van der Waals surface area contributed by atoms with Crippen molar-refractivity contribution in [3.8, 4) is 0 Å². The minimum Gasteiger partial charge on any atom is -0.462 e. The summed E-state index contributed by atoms with van der Waals surface area (Å²) in [4.78, 5) is 38.0. The van der Waals surface area contributed by atoms with Crippen LogP contribution in [0.25, 0.3) is 0 Å². The molecule has 0 aliphatic rings. The monoisotopic (exact) mass is 893 g/mol. The van der Waals surface area contributed by atoms with Crippen LogP contribution in [-0.4, -0.2) is 37.2 Å². The first-order valence-electron chi connectivity index (χ1n) is 26.9. The number of esters is 3. The molecule has 0 radical (unpaired) electrons. The SMILES string of the molecule is CCCCC/C=C\C/C=C\C/C=C\CCCCCCC(=O)O[C@H](COC(=O)CCC/C=C\C/C=C\C/C=C\CCCCCCCC)COC(=O)CCCCCCCCCCCCCC. The molecule has 0 saturated carbocycles. The topological polar surface area (TPSA) is 78.9 Å². The molecule has 0 fully saturated rings. The standard InChI is InChI=1S/C58H100O6/c1-4-7-10-13-16-19-22-25-27-29-31-33-36-39-42-45-48-51-57(60)63-54-55(53-62-56(59)50-47-44-41-38-35-24-21-18-15-12-9-6-3)64-58(61)52-49-46-43-40-37-34-32-30-28-26-23-20-17-14-11-8-5-2/h17,20,25-28,31-34,39,42,55H,4-16,18-19,21-24,29-30,35-38,40-41,43-54H2,1-3H3/b20-17-,27-25-,28-26-,33-31-,34-32-,42-39-/t55-/m0/s1. The molecule has 0 N–H and O–H groups in total. The molecule has 0 aromatic carbocycles. The molecule has 0 unspecified atom stereocenters. The van der Waals surface area contributed by atoms with Crippen molar-refractivity contribution in [2.75, 3.05) is 13.2 Å². The summed E-state index contributed by atoms with van der Waals surface area (Å²) in [6, 6.07) is 0. The van der Waals surface area contributed by atoms with Gasteiger partial charge >= 0.3 is 17.9 Å². The zero-order chi connectivity index (χ0) is 46.5. The Bertz CT molecular complexity index is 1210. The number of hydrogen-bond donors (Lipinski definition) is 0. The lowest BCUT2D eigenvalue weighted by molar-refractivity contribution is -0.167. The zero-order valence-electron chi connectivity index (χ0n) is 42.0. The summed E-state index contributed by atoms with van der Waals surface area (Å²) in [6.07, 6.45) is 66.0. The van der Waals surface area contributed by atoms with E-state index >= 15 is 0 Å². The first kappa shape index (κ1) is 60.9. The molecule has 0 spiro atoms. The molecule has 0 aromatic heterocycles. The van der Waals surface area contributed by atoms with Crippen molar-refractivity contribution in [2.24, 2.45) is 0 Å². The van der Waals surface area contributed by atoms with Crippen LogP contribution in [-0.2, 0) is 28.6 Å². The van der Waals surface area contributed by atoms with Crippen molar-refractivity contribution in [2.45, 2.75) is 264 Å². The Balaban J connectivity index is 4.49. The maximum Gasteiger partial charge on any atom is 0.306 e. The van der Waals surface area contributed by atoms with Crippen LogP contribution in [0.2, 0.25) is 0 Å². The van der Waals surface area contributed by atoms with Crippen molar-refractivity contribution >= 4 is 17.9 Å². The molecule has 0 bridgehead atoms. The minimum absolute atomic E-state index is 0.0987. The van der Waals surface area contributed by atoms with Gasteiger partial charge in [0.05, 0.1) is 0 Å². The van der Waals surface area contributed by atoms with Gasteiger partial charge in [0.25, 0.3) is 0 Å². The molecule has 368 valence electrons. The highest BCUT2D eigenvalue weighted by Gasteiger charge is 2.19. The van der Waals surface area contributed by atoms with Gasteiger partial charge in [-0.15, -0.1) is 0 Å². The van der Waals surface area contributed by atoms with E-state index in [1.165, 1.54) is 128 Å². The maximum atomic E-state index is 12.8. The van der Waals surface area contributed by atoms with E-state index in [0.717, 1.165) is 83.5 Å². The van der Waals surface area contributed by atoms with Gasteiger partial charge in [-0.2, -0.15) is 0 Å². The van der Waals surface area contributed by atoms with E-state index in [4.69, 9.17) is 14.2 Å². The lowest BCUT2D eigenvalue weighted by Crippen LogP contribution is -2.30. The Morgan fingerprint density at radius 2 is 0.578 bits per heavy atom. The second kappa shape index (κ2) is 52.5. The summed E-state index contributed by atoms with van der Waals surface area (Å²) in [6.45, 7) is 6.54. The minimum atomic E-state index is -0.805. The van der Waals surface area contributed by atoms with Crippen LogP contribution in [0.15, 0.2) is 72.9 Å². The molecule has 0 saturated heterocycles. The van der Waals surface area contributed by atoms with Crippen molar-refractivity contribution < 1.29 is 28.6 Å². The summed E-state index contributed by atoms with van der Waals surface area (Å²) >= 11 is 0. The van der Waals surface area contributed by atoms with E-state index in [-0.39, 0.29) is 37.5 Å². The molecule has 6 nitrogen and oxygen atoms in total. The van der Waals surface area contributed by atoms with Gasteiger partial charge in [-0.1, -0.05) is 222 Å². The fourth-order valence-electron chi connectivity index (χ4n) is 7.35. The van der Waals surface area contributed by atoms with Crippen molar-refractivity contribution in [1.29, 1.82) is 0 Å². The smallest absolute Gasteiger partial charge is 0.306 e. The molecule has 0 aromatic rings. The summed E-state index contributed by atoms with van der Waals surface area (Å²) in [5.74, 6) is -0.972. The van der Waals surface area contributed by atoms with Crippen molar-refractivity contribution in [3.05, 3.63) is 72.9 Å². The molecule has 6 heteroatoms. The van der Waals surface area contributed by atoms with E-state index in [1.807, 2.05) is 0 Å². The summed E-state index contributed by atoms with van der Waals surface area (Å²) < 4.78 is 16.8. The van der Waals surface area contributed by atoms with Crippen molar-refractivity contribution in [1.82, 2.24) is 0 Å². The molecule has 1 atom stereocenters. The van der Waals surface area contributed by atoms with Crippen molar-refractivity contribution in [3.63, 3.8) is 0 Å². The van der Waals surface area contributed by atoms with E-state index in [1.54, 1.807) is 0 Å². The highest BCUT2D eigenvalue weighted by atomic mass is 16.6. The Kier molecular flexibility index (Phi) is 49.9. The molecule has 0 amide bonds. The van der Waals surface area contributed by atoms with Gasteiger partial charge in [-0.3, -0.25) is 14.4 Å². The van der Waals surface area contributed by atoms with Gasteiger partial charge in [-0.25, -0.2) is 0 Å². The van der Waals surface area contributed by atoms with Crippen LogP contribution in [0, 0.1) is 0 Å². The van der Waals surface area contributed by atoms with Gasteiger partial charge in [0.2, 0.25) is 0 Å². The number of rotatable bonds is 48. The molecule has 64 heavy (non-hydrogen) atoms. The van der Waals surface area contributed by atoms with Gasteiger partial charge < -0.3 is 14.2 Å². The molecular weight excluding hydrogens is 793 g/mol. The lowest BCUT2D eigenvalue weighted by Gasteiger charge is -2.18. The number of carbonyl (C=O) groups excluding carboxylic acids is 3. The molecular formula is C58H100O6. The first-order chi connectivity index (χ1) is 31.5. The predicted molar refractivity (Wildman–Crippen MR) is 274 cm³/mol. The second-order valence-electron chi connectivity index (χ2n) is 17.8. The lowest BCUT2D eigenvalue weighted by atomic mass is 10.0. The maximum absolute atomic E-state index is 12.8. The Hall–Kier alpha value is -3.15. The number of hydrogen-bond acceptors (Lipinski definition) is 6. The van der Waals surface area contributed by atoms with Crippen LogP contribution in [0.5, 0.6) is 0 Å². The summed E-state index contributed by atoms with van der Waals surface area (Å²) in [7, 11) is 0. The van der Waals surface area contributed by atoms with Crippen LogP contribution in [0.3, 0.4) is 0 Å². The van der Waals surface area contributed by atoms with Crippen LogP contribution >= 0.6 is 0 Å². The van der Waals surface area contributed by atoms with Gasteiger partial charge in [0.1, 0.15) is 13.2 Å². The quantitative estimate of drug-likeness (QED) is 0.0262. The van der Waals surface area contributed by atoms with Crippen LogP contribution in [0.4, 0.5) is 0 Å². The molecule has 0 aliphatic heterocycles. The summed E-state index contributed by atoms with van der Waals surface area (Å²) in [5.41, 5.74) is 0. The Morgan fingerprint density at radius 3 is 0.969 bits per heavy atom. The largest absolute Gasteiger partial charge is 0.462 e. The third-order valence-electron chi connectivity index (χ3n) is 11.4. The number of allylic oxidation sites excluding steroid dienone is 12. The van der Waals surface area contributed by atoms with Gasteiger partial charge in [-0.05, 0) is 89.9 Å². The number of unbranched alkanes of at least 4 members (excludes halogenated alkanes) is 25. The van der Waals surface area contributed by atoms with Crippen LogP contribution in [0.1, 0.15) is 258 Å². The average Bonchev–Trinajstić information content (AvgIpc) is 3.29.